The van der Waals surface area contributed by atoms with Crippen LogP contribution in [-0.4, -0.2) is 55.0 Å². The van der Waals surface area contributed by atoms with E-state index in [0.29, 0.717) is 47.9 Å². The van der Waals surface area contributed by atoms with Gasteiger partial charge in [-0.1, -0.05) is 36.0 Å². The monoisotopic (exact) mass is 401 g/mol. The first-order chi connectivity index (χ1) is 12.0. The Bertz CT molecular complexity index is 863. The minimum atomic E-state index is -3.58. The number of morpholine rings is 1. The Hall–Kier alpha value is -1.39. The summed E-state index contributed by atoms with van der Waals surface area (Å²) in [4.78, 5) is 0.188. The van der Waals surface area contributed by atoms with Gasteiger partial charge in [-0.05, 0) is 18.2 Å². The molecule has 0 radical (unpaired) electrons. The number of nitrogens with zero attached hydrogens (tertiary/aromatic N) is 3. The van der Waals surface area contributed by atoms with Crippen LogP contribution in [0.2, 0.25) is 0 Å². The molecule has 0 bridgehead atoms. The van der Waals surface area contributed by atoms with E-state index in [1.165, 1.54) is 22.1 Å². The summed E-state index contributed by atoms with van der Waals surface area (Å²) < 4.78 is 37.6. The summed E-state index contributed by atoms with van der Waals surface area (Å²) in [6.45, 7) is 5.08. The molecule has 2 heterocycles. The molecule has 0 aliphatic carbocycles. The molecule has 7 nitrogen and oxygen atoms in total. The predicted molar refractivity (Wildman–Crippen MR) is 95.0 cm³/mol. The molecule has 0 spiro atoms. The Kier molecular flexibility index (Phi) is 5.80. The number of halogens is 1. The molecule has 1 saturated heterocycles. The lowest BCUT2D eigenvalue weighted by Crippen LogP contribution is -2.40. The SMILES string of the molecule is C=C(Cl)CSc1nnc(-c2cccc(S(=O)(=O)N3CCOCC3)c2)o1. The van der Waals surface area contributed by atoms with E-state index in [4.69, 9.17) is 20.8 Å². The van der Waals surface area contributed by atoms with Crippen molar-refractivity contribution in [3.8, 4) is 11.5 Å². The van der Waals surface area contributed by atoms with Crippen molar-refractivity contribution >= 4 is 33.4 Å². The van der Waals surface area contributed by atoms with Gasteiger partial charge in [0.1, 0.15) is 0 Å². The number of aromatic nitrogens is 2. The Morgan fingerprint density at radius 3 is 2.80 bits per heavy atom. The highest BCUT2D eigenvalue weighted by atomic mass is 35.5. The maximum atomic E-state index is 12.7. The van der Waals surface area contributed by atoms with E-state index in [2.05, 4.69) is 16.8 Å². The molecule has 1 aliphatic rings. The fraction of sp³-hybridized carbons (Fsp3) is 0.333. The highest BCUT2D eigenvalue weighted by Crippen LogP contribution is 2.27. The summed E-state index contributed by atoms with van der Waals surface area (Å²) in [5.41, 5.74) is 0.540. The van der Waals surface area contributed by atoms with Crippen molar-refractivity contribution in [3.63, 3.8) is 0 Å². The zero-order valence-electron chi connectivity index (χ0n) is 13.2. The summed E-state index contributed by atoms with van der Waals surface area (Å²) in [6, 6.07) is 6.46. The fourth-order valence-electron chi connectivity index (χ4n) is 2.25. The molecule has 0 saturated carbocycles. The molecular weight excluding hydrogens is 386 g/mol. The van der Waals surface area contributed by atoms with Crippen molar-refractivity contribution < 1.29 is 17.6 Å². The van der Waals surface area contributed by atoms with Gasteiger partial charge in [-0.3, -0.25) is 0 Å². The van der Waals surface area contributed by atoms with Gasteiger partial charge in [-0.15, -0.1) is 10.2 Å². The van der Waals surface area contributed by atoms with Crippen LogP contribution >= 0.6 is 23.4 Å². The molecule has 0 N–H and O–H groups in total. The summed E-state index contributed by atoms with van der Waals surface area (Å²) in [5, 5.41) is 8.70. The summed E-state index contributed by atoms with van der Waals surface area (Å²) in [7, 11) is -3.58. The molecule has 1 aromatic heterocycles. The fourth-order valence-corrected chi connectivity index (χ4v) is 4.38. The first-order valence-electron chi connectivity index (χ1n) is 7.45. The van der Waals surface area contributed by atoms with E-state index in [-0.39, 0.29) is 10.8 Å². The maximum absolute atomic E-state index is 12.7. The number of thioether (sulfide) groups is 1. The number of rotatable bonds is 6. The van der Waals surface area contributed by atoms with Crippen LogP contribution in [0.3, 0.4) is 0 Å². The van der Waals surface area contributed by atoms with E-state index in [1.807, 2.05) is 0 Å². The van der Waals surface area contributed by atoms with Crippen LogP contribution in [0, 0.1) is 0 Å². The molecular formula is C15H16ClN3O4S2. The van der Waals surface area contributed by atoms with Gasteiger partial charge in [0.15, 0.2) is 0 Å². The van der Waals surface area contributed by atoms with Crippen LogP contribution in [0.25, 0.3) is 11.5 Å². The summed E-state index contributed by atoms with van der Waals surface area (Å²) >= 11 is 6.98. The minimum Gasteiger partial charge on any atom is -0.411 e. The third-order valence-corrected chi connectivity index (χ3v) is 6.54. The molecule has 1 aliphatic heterocycles. The van der Waals surface area contributed by atoms with Gasteiger partial charge in [0.2, 0.25) is 15.9 Å². The van der Waals surface area contributed by atoms with Gasteiger partial charge < -0.3 is 9.15 Å². The zero-order valence-corrected chi connectivity index (χ0v) is 15.6. The van der Waals surface area contributed by atoms with Gasteiger partial charge in [0, 0.05) is 29.4 Å². The van der Waals surface area contributed by atoms with Crippen LogP contribution in [0.15, 0.2) is 50.4 Å². The van der Waals surface area contributed by atoms with E-state index in [9.17, 15) is 8.42 Å². The average Bonchev–Trinajstić information content (AvgIpc) is 3.10. The van der Waals surface area contributed by atoms with Gasteiger partial charge in [0.05, 0.1) is 18.1 Å². The van der Waals surface area contributed by atoms with Crippen LogP contribution in [0.4, 0.5) is 0 Å². The van der Waals surface area contributed by atoms with Crippen LogP contribution in [-0.2, 0) is 14.8 Å². The second-order valence-electron chi connectivity index (χ2n) is 5.22. The quantitative estimate of drug-likeness (QED) is 0.687. The number of sulfonamides is 1. The van der Waals surface area contributed by atoms with Crippen LogP contribution in [0.1, 0.15) is 0 Å². The Labute approximate surface area is 155 Å². The molecule has 134 valence electrons. The Morgan fingerprint density at radius 2 is 2.08 bits per heavy atom. The highest BCUT2D eigenvalue weighted by molar-refractivity contribution is 7.99. The number of hydrogen-bond acceptors (Lipinski definition) is 7. The molecule has 0 amide bonds. The van der Waals surface area contributed by atoms with Crippen molar-refractivity contribution in [2.75, 3.05) is 32.1 Å². The highest BCUT2D eigenvalue weighted by Gasteiger charge is 2.26. The van der Waals surface area contributed by atoms with Crippen molar-refractivity contribution in [2.24, 2.45) is 0 Å². The number of ether oxygens (including phenoxy) is 1. The van der Waals surface area contributed by atoms with Gasteiger partial charge in [-0.25, -0.2) is 8.42 Å². The minimum absolute atomic E-state index is 0.188. The smallest absolute Gasteiger partial charge is 0.277 e. The first kappa shape index (κ1) is 18.4. The van der Waals surface area contributed by atoms with Crippen molar-refractivity contribution in [2.45, 2.75) is 10.1 Å². The molecule has 1 fully saturated rings. The second kappa shape index (κ2) is 7.88. The van der Waals surface area contributed by atoms with E-state index in [1.54, 1.807) is 18.2 Å². The van der Waals surface area contributed by atoms with Crippen molar-refractivity contribution in [1.82, 2.24) is 14.5 Å². The lowest BCUT2D eigenvalue weighted by molar-refractivity contribution is 0.0730. The van der Waals surface area contributed by atoms with E-state index in [0.717, 1.165) is 0 Å². The molecule has 25 heavy (non-hydrogen) atoms. The largest absolute Gasteiger partial charge is 0.411 e. The molecule has 3 rings (SSSR count). The van der Waals surface area contributed by atoms with E-state index < -0.39 is 10.0 Å². The Balaban J connectivity index is 1.83. The third kappa shape index (κ3) is 4.42. The van der Waals surface area contributed by atoms with E-state index >= 15 is 0 Å². The van der Waals surface area contributed by atoms with Crippen LogP contribution < -0.4 is 0 Å². The van der Waals surface area contributed by atoms with Gasteiger partial charge in [-0.2, -0.15) is 4.31 Å². The van der Waals surface area contributed by atoms with Gasteiger partial charge >= 0.3 is 0 Å². The summed E-state index contributed by atoms with van der Waals surface area (Å²) in [6.07, 6.45) is 0. The maximum Gasteiger partial charge on any atom is 0.277 e. The average molecular weight is 402 g/mol. The summed E-state index contributed by atoms with van der Waals surface area (Å²) in [5.74, 6) is 0.705. The molecule has 10 heteroatoms. The predicted octanol–water partition coefficient (Wildman–Crippen LogP) is 2.60. The standard InChI is InChI=1S/C15H16ClN3O4S2/c1-11(16)10-24-15-18-17-14(23-15)12-3-2-4-13(9-12)25(20,21)19-5-7-22-8-6-19/h2-4,9H,1,5-8,10H2. The van der Waals surface area contributed by atoms with Crippen molar-refractivity contribution in [1.29, 1.82) is 0 Å². The lowest BCUT2D eigenvalue weighted by atomic mass is 10.2. The molecule has 1 aromatic carbocycles. The molecule has 0 unspecified atom stereocenters. The Morgan fingerprint density at radius 1 is 1.32 bits per heavy atom. The van der Waals surface area contributed by atoms with Gasteiger partial charge in [0.25, 0.3) is 5.22 Å². The first-order valence-corrected chi connectivity index (χ1v) is 10.2. The molecule has 0 atom stereocenters. The van der Waals surface area contributed by atoms with Crippen molar-refractivity contribution in [3.05, 3.63) is 35.9 Å². The lowest BCUT2D eigenvalue weighted by Gasteiger charge is -2.26. The molecule has 2 aromatic rings. The van der Waals surface area contributed by atoms with Crippen LogP contribution in [0.5, 0.6) is 0 Å². The number of benzene rings is 1. The normalized spacial score (nSPS) is 16.0. The third-order valence-electron chi connectivity index (χ3n) is 3.45. The zero-order chi connectivity index (χ0) is 17.9. The number of hydrogen-bond donors (Lipinski definition) is 0. The topological polar surface area (TPSA) is 85.5 Å². The second-order valence-corrected chi connectivity index (χ2v) is 8.62.